The van der Waals surface area contributed by atoms with E-state index < -0.39 is 0 Å². The Balaban J connectivity index is 0.00000133. The van der Waals surface area contributed by atoms with E-state index in [0.717, 1.165) is 36.6 Å². The molecular formula is C14H18ClN3O. The molecule has 2 N–H and O–H groups in total. The highest BCUT2D eigenvalue weighted by Gasteiger charge is 2.23. The number of benzene rings is 1. The Morgan fingerprint density at radius 2 is 2.37 bits per heavy atom. The Morgan fingerprint density at radius 1 is 1.47 bits per heavy atom. The zero-order valence-electron chi connectivity index (χ0n) is 10.8. The maximum atomic E-state index is 5.88. The number of hydrogen-bond donors (Lipinski definition) is 2. The van der Waals surface area contributed by atoms with Gasteiger partial charge in [-0.25, -0.2) is 4.98 Å². The molecule has 5 heteroatoms. The number of rotatable bonds is 3. The van der Waals surface area contributed by atoms with Crippen molar-refractivity contribution in [3.8, 4) is 17.0 Å². The SMILES string of the molecule is CNC[C@@H]1CCOc2c(-c3cnc[nH]3)cccc21.Cl. The molecule has 2 aromatic rings. The molecule has 0 saturated heterocycles. The highest BCUT2D eigenvalue weighted by molar-refractivity contribution is 5.85. The Hall–Kier alpha value is -1.52. The number of para-hydroxylation sites is 1. The summed E-state index contributed by atoms with van der Waals surface area (Å²) in [5.74, 6) is 1.54. The summed E-state index contributed by atoms with van der Waals surface area (Å²) >= 11 is 0. The van der Waals surface area contributed by atoms with Gasteiger partial charge in [-0.05, 0) is 25.1 Å². The van der Waals surface area contributed by atoms with Crippen LogP contribution in [0.25, 0.3) is 11.3 Å². The number of H-pyrrole nitrogens is 1. The first-order valence-corrected chi connectivity index (χ1v) is 6.29. The number of halogens is 1. The molecule has 19 heavy (non-hydrogen) atoms. The molecule has 0 fully saturated rings. The lowest BCUT2D eigenvalue weighted by Crippen LogP contribution is -2.23. The molecule has 0 amide bonds. The van der Waals surface area contributed by atoms with Gasteiger partial charge in [-0.3, -0.25) is 0 Å². The zero-order valence-corrected chi connectivity index (χ0v) is 11.7. The molecule has 0 unspecified atom stereocenters. The topological polar surface area (TPSA) is 49.9 Å². The predicted octanol–water partition coefficient (Wildman–Crippen LogP) is 2.58. The third kappa shape index (κ3) is 2.60. The second-order valence-corrected chi connectivity index (χ2v) is 4.58. The summed E-state index contributed by atoms with van der Waals surface area (Å²) in [6.45, 7) is 1.77. The van der Waals surface area contributed by atoms with Crippen molar-refractivity contribution in [3.63, 3.8) is 0 Å². The number of hydrogen-bond acceptors (Lipinski definition) is 3. The molecule has 102 valence electrons. The second-order valence-electron chi connectivity index (χ2n) is 4.58. The van der Waals surface area contributed by atoms with E-state index in [2.05, 4.69) is 33.5 Å². The van der Waals surface area contributed by atoms with Gasteiger partial charge < -0.3 is 15.0 Å². The monoisotopic (exact) mass is 279 g/mol. The lowest BCUT2D eigenvalue weighted by molar-refractivity contribution is 0.267. The van der Waals surface area contributed by atoms with Crippen LogP contribution in [-0.2, 0) is 0 Å². The molecular weight excluding hydrogens is 262 g/mol. The first kappa shape index (κ1) is 13.9. The van der Waals surface area contributed by atoms with Crippen LogP contribution in [0.2, 0.25) is 0 Å². The fraction of sp³-hybridized carbons (Fsp3) is 0.357. The van der Waals surface area contributed by atoms with E-state index in [0.29, 0.717) is 5.92 Å². The van der Waals surface area contributed by atoms with E-state index in [9.17, 15) is 0 Å². The highest BCUT2D eigenvalue weighted by Crippen LogP contribution is 2.39. The van der Waals surface area contributed by atoms with Crippen molar-refractivity contribution in [1.29, 1.82) is 0 Å². The summed E-state index contributed by atoms with van der Waals surface area (Å²) in [5, 5.41) is 3.26. The van der Waals surface area contributed by atoms with Gasteiger partial charge in [0.2, 0.25) is 0 Å². The highest BCUT2D eigenvalue weighted by atomic mass is 35.5. The molecule has 1 atom stereocenters. The Bertz CT molecular complexity index is 527. The van der Waals surface area contributed by atoms with Gasteiger partial charge in [-0.2, -0.15) is 0 Å². The average molecular weight is 280 g/mol. The fourth-order valence-electron chi connectivity index (χ4n) is 2.57. The summed E-state index contributed by atoms with van der Waals surface area (Å²) in [7, 11) is 1.99. The van der Waals surface area contributed by atoms with Gasteiger partial charge in [0.25, 0.3) is 0 Å². The van der Waals surface area contributed by atoms with Crippen LogP contribution in [0, 0.1) is 0 Å². The number of fused-ring (bicyclic) bond motifs is 1. The zero-order chi connectivity index (χ0) is 12.4. The standard InChI is InChI=1S/C14H17N3O.ClH/c1-15-7-10-5-6-18-14-11(10)3-2-4-12(14)13-8-16-9-17-13;/h2-4,8-10,15H,5-7H2,1H3,(H,16,17);1H/t10-;/m0./s1. The number of aromatic amines is 1. The largest absolute Gasteiger partial charge is 0.493 e. The molecule has 0 spiro atoms. The lowest BCUT2D eigenvalue weighted by Gasteiger charge is -2.27. The van der Waals surface area contributed by atoms with Crippen molar-refractivity contribution >= 4 is 12.4 Å². The maximum absolute atomic E-state index is 5.88. The van der Waals surface area contributed by atoms with E-state index in [1.165, 1.54) is 5.56 Å². The summed E-state index contributed by atoms with van der Waals surface area (Å²) in [5.41, 5.74) is 3.41. The molecule has 1 aliphatic rings. The molecule has 0 bridgehead atoms. The number of nitrogens with one attached hydrogen (secondary N) is 2. The van der Waals surface area contributed by atoms with Crippen LogP contribution in [0.5, 0.6) is 5.75 Å². The second kappa shape index (κ2) is 6.08. The molecule has 3 rings (SSSR count). The van der Waals surface area contributed by atoms with Gasteiger partial charge in [0.1, 0.15) is 5.75 Å². The molecule has 0 saturated carbocycles. The quantitative estimate of drug-likeness (QED) is 0.908. The smallest absolute Gasteiger partial charge is 0.132 e. The van der Waals surface area contributed by atoms with Gasteiger partial charge in [0.15, 0.2) is 0 Å². The van der Waals surface area contributed by atoms with Crippen molar-refractivity contribution in [2.24, 2.45) is 0 Å². The summed E-state index contributed by atoms with van der Waals surface area (Å²) in [6, 6.07) is 6.33. The molecule has 0 radical (unpaired) electrons. The third-order valence-corrected chi connectivity index (χ3v) is 3.44. The van der Waals surface area contributed by atoms with E-state index in [1.807, 2.05) is 13.2 Å². The van der Waals surface area contributed by atoms with Gasteiger partial charge >= 0.3 is 0 Å². The van der Waals surface area contributed by atoms with E-state index in [-0.39, 0.29) is 12.4 Å². The normalized spacial score (nSPS) is 17.2. The number of ether oxygens (including phenoxy) is 1. The van der Waals surface area contributed by atoms with E-state index in [4.69, 9.17) is 4.74 Å². The van der Waals surface area contributed by atoms with Crippen molar-refractivity contribution in [2.75, 3.05) is 20.2 Å². The van der Waals surface area contributed by atoms with Crippen LogP contribution in [0.4, 0.5) is 0 Å². The van der Waals surface area contributed by atoms with Gasteiger partial charge in [0.05, 0.1) is 24.8 Å². The number of imidazole rings is 1. The van der Waals surface area contributed by atoms with Crippen LogP contribution in [0.1, 0.15) is 17.9 Å². The predicted molar refractivity (Wildman–Crippen MR) is 78.1 cm³/mol. The van der Waals surface area contributed by atoms with Crippen LogP contribution in [-0.4, -0.2) is 30.2 Å². The number of likely N-dealkylation sites (N-methyl/N-ethyl adjacent to an activating group) is 1. The van der Waals surface area contributed by atoms with Gasteiger partial charge in [0, 0.05) is 18.0 Å². The molecule has 0 aliphatic carbocycles. The fourth-order valence-corrected chi connectivity index (χ4v) is 2.57. The summed E-state index contributed by atoms with van der Waals surface area (Å²) in [4.78, 5) is 7.22. The van der Waals surface area contributed by atoms with Crippen LogP contribution in [0.15, 0.2) is 30.7 Å². The van der Waals surface area contributed by atoms with Crippen LogP contribution < -0.4 is 10.1 Å². The first-order chi connectivity index (χ1) is 8.90. The summed E-state index contributed by atoms with van der Waals surface area (Å²) in [6.07, 6.45) is 4.60. The minimum atomic E-state index is 0. The lowest BCUT2D eigenvalue weighted by atomic mass is 9.90. The first-order valence-electron chi connectivity index (χ1n) is 6.29. The van der Waals surface area contributed by atoms with Crippen molar-refractivity contribution < 1.29 is 4.74 Å². The third-order valence-electron chi connectivity index (χ3n) is 3.44. The van der Waals surface area contributed by atoms with E-state index in [1.54, 1.807) is 6.33 Å². The Morgan fingerprint density at radius 3 is 3.11 bits per heavy atom. The Kier molecular flexibility index (Phi) is 4.45. The number of aromatic nitrogens is 2. The van der Waals surface area contributed by atoms with E-state index >= 15 is 0 Å². The molecule has 2 heterocycles. The summed E-state index contributed by atoms with van der Waals surface area (Å²) < 4.78 is 5.88. The minimum Gasteiger partial charge on any atom is -0.493 e. The molecule has 4 nitrogen and oxygen atoms in total. The van der Waals surface area contributed by atoms with Crippen LogP contribution in [0.3, 0.4) is 0 Å². The molecule has 1 aliphatic heterocycles. The minimum absolute atomic E-state index is 0. The maximum Gasteiger partial charge on any atom is 0.132 e. The average Bonchev–Trinajstić information content (AvgIpc) is 2.93. The molecule has 1 aromatic heterocycles. The van der Waals surface area contributed by atoms with Crippen molar-refractivity contribution in [1.82, 2.24) is 15.3 Å². The number of nitrogens with zero attached hydrogens (tertiary/aromatic N) is 1. The Labute approximate surface area is 119 Å². The molecule has 1 aromatic carbocycles. The van der Waals surface area contributed by atoms with Crippen molar-refractivity contribution in [2.45, 2.75) is 12.3 Å². The van der Waals surface area contributed by atoms with Crippen LogP contribution >= 0.6 is 12.4 Å². The van der Waals surface area contributed by atoms with Gasteiger partial charge in [-0.1, -0.05) is 12.1 Å². The van der Waals surface area contributed by atoms with Gasteiger partial charge in [-0.15, -0.1) is 12.4 Å². The van der Waals surface area contributed by atoms with Crippen molar-refractivity contribution in [3.05, 3.63) is 36.3 Å².